The highest BCUT2D eigenvalue weighted by molar-refractivity contribution is 7.11. The first-order chi connectivity index (χ1) is 15.0. The summed E-state index contributed by atoms with van der Waals surface area (Å²) in [4.78, 5) is 4.70. The molecule has 1 aromatic heterocycles. The number of nitriles is 1. The highest BCUT2D eigenvalue weighted by atomic mass is 32.1. The molecule has 6 heteroatoms. The lowest BCUT2D eigenvalue weighted by Gasteiger charge is -2.13. The quantitative estimate of drug-likeness (QED) is 0.401. The van der Waals surface area contributed by atoms with Gasteiger partial charge < -0.3 is 14.2 Å². The zero-order valence-corrected chi connectivity index (χ0v) is 19.2. The smallest absolute Gasteiger partial charge is 0.203 e. The molecule has 0 saturated carbocycles. The monoisotopic (exact) mass is 434 g/mol. The van der Waals surface area contributed by atoms with E-state index >= 15 is 0 Å². The molecule has 160 valence electrons. The van der Waals surface area contributed by atoms with Crippen molar-refractivity contribution >= 4 is 23.0 Å². The van der Waals surface area contributed by atoms with E-state index in [0.29, 0.717) is 33.7 Å². The maximum Gasteiger partial charge on any atom is 0.203 e. The van der Waals surface area contributed by atoms with Crippen LogP contribution in [0.15, 0.2) is 41.8 Å². The van der Waals surface area contributed by atoms with Gasteiger partial charge in [-0.3, -0.25) is 0 Å². The fourth-order valence-electron chi connectivity index (χ4n) is 3.31. The molecule has 3 rings (SSSR count). The second-order valence-corrected chi connectivity index (χ2v) is 8.32. The van der Waals surface area contributed by atoms with Crippen LogP contribution >= 0.6 is 11.3 Å². The number of nitrogens with zero attached hydrogens (tertiary/aromatic N) is 2. The number of thiazole rings is 1. The van der Waals surface area contributed by atoms with Gasteiger partial charge >= 0.3 is 0 Å². The van der Waals surface area contributed by atoms with Gasteiger partial charge in [-0.15, -0.1) is 11.3 Å². The van der Waals surface area contributed by atoms with Crippen LogP contribution in [0.4, 0.5) is 0 Å². The Morgan fingerprint density at radius 2 is 1.71 bits per heavy atom. The zero-order chi connectivity index (χ0) is 22.4. The lowest BCUT2D eigenvalue weighted by molar-refractivity contribution is 0.324. The Hall–Kier alpha value is -3.30. The molecule has 0 fully saturated rings. The van der Waals surface area contributed by atoms with Crippen molar-refractivity contribution in [1.29, 1.82) is 5.26 Å². The number of ether oxygens (including phenoxy) is 3. The van der Waals surface area contributed by atoms with Gasteiger partial charge in [-0.25, -0.2) is 4.98 Å². The number of methoxy groups -OCH3 is 3. The van der Waals surface area contributed by atoms with Crippen molar-refractivity contribution in [3.8, 4) is 34.6 Å². The van der Waals surface area contributed by atoms with Crippen LogP contribution in [-0.2, 0) is 6.42 Å². The highest BCUT2D eigenvalue weighted by Gasteiger charge is 2.14. The number of benzene rings is 2. The van der Waals surface area contributed by atoms with E-state index in [9.17, 15) is 5.26 Å². The topological polar surface area (TPSA) is 64.4 Å². The summed E-state index contributed by atoms with van der Waals surface area (Å²) >= 11 is 1.45. The van der Waals surface area contributed by atoms with Gasteiger partial charge in [0.05, 0.1) is 32.6 Å². The molecule has 2 aromatic carbocycles. The predicted octanol–water partition coefficient (Wildman–Crippen LogP) is 6.10. The molecule has 0 aliphatic rings. The highest BCUT2D eigenvalue weighted by Crippen LogP contribution is 2.39. The minimum atomic E-state index is 0.474. The lowest BCUT2D eigenvalue weighted by Crippen LogP contribution is -1.95. The number of hydrogen-bond donors (Lipinski definition) is 0. The van der Waals surface area contributed by atoms with Crippen LogP contribution in [0.2, 0.25) is 0 Å². The predicted molar refractivity (Wildman–Crippen MR) is 126 cm³/mol. The molecule has 0 atom stereocenters. The minimum absolute atomic E-state index is 0.474. The first kappa shape index (κ1) is 22.4. The number of rotatable bonds is 8. The molecule has 0 radical (unpaired) electrons. The van der Waals surface area contributed by atoms with E-state index in [-0.39, 0.29) is 0 Å². The van der Waals surface area contributed by atoms with E-state index in [0.717, 1.165) is 23.2 Å². The molecule has 0 amide bonds. The summed E-state index contributed by atoms with van der Waals surface area (Å²) in [6, 6.07) is 14.3. The third-order valence-electron chi connectivity index (χ3n) is 4.75. The molecule has 0 saturated heterocycles. The Morgan fingerprint density at radius 3 is 2.23 bits per heavy atom. The van der Waals surface area contributed by atoms with Gasteiger partial charge in [0.25, 0.3) is 0 Å². The summed E-state index contributed by atoms with van der Waals surface area (Å²) in [6.07, 6.45) is 2.83. The summed E-state index contributed by atoms with van der Waals surface area (Å²) in [5.74, 6) is 2.20. The summed E-state index contributed by atoms with van der Waals surface area (Å²) in [5, 5.41) is 12.4. The van der Waals surface area contributed by atoms with Gasteiger partial charge in [-0.05, 0) is 41.7 Å². The lowest BCUT2D eigenvalue weighted by atomic mass is 10.0. The Labute approximate surface area is 187 Å². The van der Waals surface area contributed by atoms with Crippen LogP contribution < -0.4 is 14.2 Å². The second-order valence-electron chi connectivity index (χ2n) is 7.46. The third kappa shape index (κ3) is 5.25. The Balaban J connectivity index is 1.91. The standard InChI is InChI=1S/C25H26N2O3S/c1-16(2)10-17-6-8-19(9-7-17)21-15-31-25(27-21)20(14-26)11-18-12-22(28-3)24(30-5)23(13-18)29-4/h6-9,11-13,15-16H,10H2,1-5H3. The summed E-state index contributed by atoms with van der Waals surface area (Å²) < 4.78 is 16.2. The van der Waals surface area contributed by atoms with Crippen molar-refractivity contribution in [2.24, 2.45) is 5.92 Å². The molecule has 0 unspecified atom stereocenters. The van der Waals surface area contributed by atoms with Crippen molar-refractivity contribution in [2.45, 2.75) is 20.3 Å². The maximum atomic E-state index is 9.76. The molecule has 0 spiro atoms. The normalized spacial score (nSPS) is 11.3. The molecular weight excluding hydrogens is 408 g/mol. The van der Waals surface area contributed by atoms with Crippen molar-refractivity contribution in [3.05, 3.63) is 57.9 Å². The molecule has 0 aliphatic heterocycles. The van der Waals surface area contributed by atoms with E-state index in [2.05, 4.69) is 44.2 Å². The third-order valence-corrected chi connectivity index (χ3v) is 5.62. The molecule has 0 bridgehead atoms. The Kier molecular flexibility index (Phi) is 7.32. The van der Waals surface area contributed by atoms with Crippen LogP contribution in [0.25, 0.3) is 22.9 Å². The zero-order valence-electron chi connectivity index (χ0n) is 18.4. The van der Waals surface area contributed by atoms with Gasteiger partial charge in [-0.2, -0.15) is 5.26 Å². The van der Waals surface area contributed by atoms with Crippen LogP contribution in [0.1, 0.15) is 30.0 Å². The largest absolute Gasteiger partial charge is 0.493 e. The van der Waals surface area contributed by atoms with E-state index in [4.69, 9.17) is 19.2 Å². The van der Waals surface area contributed by atoms with Gasteiger partial charge in [0.15, 0.2) is 11.5 Å². The SMILES string of the molecule is COc1cc(C=C(C#N)c2nc(-c3ccc(CC(C)C)cc3)cs2)cc(OC)c1OC. The molecule has 0 aliphatic carbocycles. The fourth-order valence-corrected chi connectivity index (χ4v) is 4.10. The van der Waals surface area contributed by atoms with Gasteiger partial charge in [0.1, 0.15) is 11.1 Å². The molecule has 3 aromatic rings. The first-order valence-electron chi connectivity index (χ1n) is 9.96. The summed E-state index contributed by atoms with van der Waals surface area (Å²) in [7, 11) is 4.69. The molecule has 0 N–H and O–H groups in total. The Morgan fingerprint density at radius 1 is 1.06 bits per heavy atom. The van der Waals surface area contributed by atoms with Crippen molar-refractivity contribution < 1.29 is 14.2 Å². The number of hydrogen-bond acceptors (Lipinski definition) is 6. The Bertz CT molecular complexity index is 1080. The molecular formula is C25H26N2O3S. The minimum Gasteiger partial charge on any atom is -0.493 e. The molecule has 5 nitrogen and oxygen atoms in total. The average molecular weight is 435 g/mol. The maximum absolute atomic E-state index is 9.76. The van der Waals surface area contributed by atoms with E-state index in [1.54, 1.807) is 39.5 Å². The van der Waals surface area contributed by atoms with Crippen molar-refractivity contribution in [1.82, 2.24) is 4.98 Å². The number of allylic oxidation sites excluding steroid dienone is 1. The summed E-state index contributed by atoms with van der Waals surface area (Å²) in [6.45, 7) is 4.43. The summed E-state index contributed by atoms with van der Waals surface area (Å²) in [5.41, 5.74) is 4.46. The molecule has 31 heavy (non-hydrogen) atoms. The van der Waals surface area contributed by atoms with Gasteiger partial charge in [0.2, 0.25) is 5.75 Å². The van der Waals surface area contributed by atoms with E-state index in [1.807, 2.05) is 5.38 Å². The fraction of sp³-hybridized carbons (Fsp3) is 0.280. The average Bonchev–Trinajstić information content (AvgIpc) is 3.26. The second kappa shape index (κ2) is 10.1. The van der Waals surface area contributed by atoms with Crippen molar-refractivity contribution in [2.75, 3.05) is 21.3 Å². The van der Waals surface area contributed by atoms with Gasteiger partial charge in [-0.1, -0.05) is 38.1 Å². The van der Waals surface area contributed by atoms with Crippen LogP contribution in [0.5, 0.6) is 17.2 Å². The van der Waals surface area contributed by atoms with Crippen LogP contribution in [-0.4, -0.2) is 26.3 Å². The van der Waals surface area contributed by atoms with Gasteiger partial charge in [0, 0.05) is 10.9 Å². The van der Waals surface area contributed by atoms with Crippen molar-refractivity contribution in [3.63, 3.8) is 0 Å². The van der Waals surface area contributed by atoms with Crippen LogP contribution in [0, 0.1) is 17.2 Å². The van der Waals surface area contributed by atoms with E-state index < -0.39 is 0 Å². The van der Waals surface area contributed by atoms with E-state index in [1.165, 1.54) is 16.9 Å². The van der Waals surface area contributed by atoms with Crippen LogP contribution in [0.3, 0.4) is 0 Å². The number of aromatic nitrogens is 1. The molecule has 1 heterocycles. The first-order valence-corrected chi connectivity index (χ1v) is 10.8.